The van der Waals surface area contributed by atoms with E-state index in [1.165, 1.54) is 27.2 Å². The molecule has 122 valence electrons. The van der Waals surface area contributed by atoms with Crippen LogP contribution in [-0.4, -0.2) is 32.1 Å². The third-order valence-electron chi connectivity index (χ3n) is 2.88. The molecule has 0 spiro atoms. The molecule has 0 fully saturated rings. The van der Waals surface area contributed by atoms with E-state index in [1.54, 1.807) is 12.1 Å². The van der Waals surface area contributed by atoms with E-state index in [1.807, 2.05) is 0 Å². The highest BCUT2D eigenvalue weighted by molar-refractivity contribution is 5.95. The van der Waals surface area contributed by atoms with Crippen LogP contribution in [0.2, 0.25) is 0 Å². The van der Waals surface area contributed by atoms with Gasteiger partial charge in [-0.2, -0.15) is 0 Å². The third-order valence-corrected chi connectivity index (χ3v) is 2.88. The van der Waals surface area contributed by atoms with Gasteiger partial charge in [0.05, 0.1) is 25.5 Å². The van der Waals surface area contributed by atoms with Gasteiger partial charge in [-0.15, -0.1) is 0 Å². The van der Waals surface area contributed by atoms with E-state index in [2.05, 4.69) is 26.6 Å². The van der Waals surface area contributed by atoms with Gasteiger partial charge < -0.3 is 14.8 Å². The summed E-state index contributed by atoms with van der Waals surface area (Å²) >= 11 is 0. The number of amides is 1. The standard InChI is InChI=1S/C17H19NO5/c1-12(19)18-15-11-14(17(21)23-3)10-9-13(15)7-5-4-6-8-16(20)22-2/h9-11H,4,6,8H2,1-3H3,(H,18,19). The summed E-state index contributed by atoms with van der Waals surface area (Å²) in [7, 11) is 2.63. The zero-order valence-corrected chi connectivity index (χ0v) is 13.4. The molecule has 0 aromatic heterocycles. The molecule has 0 atom stereocenters. The summed E-state index contributed by atoms with van der Waals surface area (Å²) in [5, 5.41) is 2.64. The molecule has 0 unspecified atom stereocenters. The number of hydrogen-bond acceptors (Lipinski definition) is 5. The number of carbonyl (C=O) groups is 3. The number of anilines is 1. The normalized spacial score (nSPS) is 9.35. The van der Waals surface area contributed by atoms with Crippen molar-refractivity contribution in [3.8, 4) is 11.8 Å². The molecule has 0 radical (unpaired) electrons. The van der Waals surface area contributed by atoms with Gasteiger partial charge >= 0.3 is 11.9 Å². The minimum atomic E-state index is -0.491. The van der Waals surface area contributed by atoms with Gasteiger partial charge in [0.25, 0.3) is 0 Å². The lowest BCUT2D eigenvalue weighted by Crippen LogP contribution is -2.09. The first-order valence-electron chi connectivity index (χ1n) is 7.03. The molecule has 0 saturated carbocycles. The second-order valence-electron chi connectivity index (χ2n) is 4.66. The van der Waals surface area contributed by atoms with E-state index < -0.39 is 5.97 Å². The van der Waals surface area contributed by atoms with Crippen LogP contribution < -0.4 is 5.32 Å². The summed E-state index contributed by atoms with van der Waals surface area (Å²) in [6.45, 7) is 1.37. The molecule has 0 saturated heterocycles. The van der Waals surface area contributed by atoms with E-state index in [0.717, 1.165) is 0 Å². The van der Waals surface area contributed by atoms with Crippen molar-refractivity contribution in [1.82, 2.24) is 0 Å². The van der Waals surface area contributed by atoms with Crippen molar-refractivity contribution >= 4 is 23.5 Å². The Kier molecular flexibility index (Phi) is 7.34. The van der Waals surface area contributed by atoms with Crippen LogP contribution in [0, 0.1) is 11.8 Å². The van der Waals surface area contributed by atoms with Crippen LogP contribution in [0.15, 0.2) is 18.2 Å². The second-order valence-corrected chi connectivity index (χ2v) is 4.66. The minimum Gasteiger partial charge on any atom is -0.469 e. The molecule has 0 aliphatic carbocycles. The van der Waals surface area contributed by atoms with Crippen LogP contribution >= 0.6 is 0 Å². The van der Waals surface area contributed by atoms with Gasteiger partial charge in [0.2, 0.25) is 5.91 Å². The Morgan fingerprint density at radius 2 is 1.91 bits per heavy atom. The highest BCUT2D eigenvalue weighted by atomic mass is 16.5. The second kappa shape index (κ2) is 9.26. The lowest BCUT2D eigenvalue weighted by molar-refractivity contribution is -0.140. The zero-order valence-electron chi connectivity index (χ0n) is 13.4. The fourth-order valence-electron chi connectivity index (χ4n) is 1.77. The van der Waals surface area contributed by atoms with Gasteiger partial charge in [-0.3, -0.25) is 9.59 Å². The van der Waals surface area contributed by atoms with Crippen molar-refractivity contribution in [3.63, 3.8) is 0 Å². The van der Waals surface area contributed by atoms with Crippen molar-refractivity contribution < 1.29 is 23.9 Å². The van der Waals surface area contributed by atoms with Gasteiger partial charge in [-0.25, -0.2) is 4.79 Å². The van der Waals surface area contributed by atoms with Crippen LogP contribution in [0.1, 0.15) is 42.1 Å². The van der Waals surface area contributed by atoms with E-state index in [4.69, 9.17) is 0 Å². The number of carbonyl (C=O) groups excluding carboxylic acids is 3. The van der Waals surface area contributed by atoms with Gasteiger partial charge in [0.15, 0.2) is 0 Å². The molecule has 1 aromatic rings. The number of nitrogens with one attached hydrogen (secondary N) is 1. The van der Waals surface area contributed by atoms with Gasteiger partial charge in [-0.1, -0.05) is 11.8 Å². The molecule has 0 bridgehead atoms. The Balaban J connectivity index is 2.86. The summed E-state index contributed by atoms with van der Waals surface area (Å²) in [6.07, 6.45) is 1.42. The predicted octanol–water partition coefficient (Wildman–Crippen LogP) is 2.13. The maximum atomic E-state index is 11.5. The Labute approximate surface area is 135 Å². The van der Waals surface area contributed by atoms with Crippen molar-refractivity contribution in [2.24, 2.45) is 0 Å². The summed E-state index contributed by atoms with van der Waals surface area (Å²) in [4.78, 5) is 33.8. The van der Waals surface area contributed by atoms with Crippen molar-refractivity contribution in [3.05, 3.63) is 29.3 Å². The number of methoxy groups -OCH3 is 2. The van der Waals surface area contributed by atoms with Crippen LogP contribution in [0.5, 0.6) is 0 Å². The zero-order chi connectivity index (χ0) is 17.2. The topological polar surface area (TPSA) is 81.7 Å². The number of unbranched alkanes of at least 4 members (excludes halogenated alkanes) is 1. The average Bonchev–Trinajstić information content (AvgIpc) is 2.54. The third kappa shape index (κ3) is 6.22. The molecular formula is C17H19NO5. The molecule has 0 aliphatic heterocycles. The van der Waals surface area contributed by atoms with Gasteiger partial charge in [-0.05, 0) is 24.6 Å². The molecule has 1 aromatic carbocycles. The fourth-order valence-corrected chi connectivity index (χ4v) is 1.77. The molecule has 1 rings (SSSR count). The van der Waals surface area contributed by atoms with Crippen LogP contribution in [0.4, 0.5) is 5.69 Å². The van der Waals surface area contributed by atoms with Crippen LogP contribution in [0.3, 0.4) is 0 Å². The summed E-state index contributed by atoms with van der Waals surface area (Å²) in [5.41, 5.74) is 1.36. The summed E-state index contributed by atoms with van der Waals surface area (Å²) in [5.74, 6) is 4.83. The number of rotatable bonds is 5. The van der Waals surface area contributed by atoms with E-state index in [0.29, 0.717) is 36.1 Å². The average molecular weight is 317 g/mol. The van der Waals surface area contributed by atoms with Crippen LogP contribution in [-0.2, 0) is 19.1 Å². The maximum Gasteiger partial charge on any atom is 0.337 e. The number of hydrogen-bond donors (Lipinski definition) is 1. The van der Waals surface area contributed by atoms with Crippen LogP contribution in [0.25, 0.3) is 0 Å². The summed E-state index contributed by atoms with van der Waals surface area (Å²) < 4.78 is 9.20. The lowest BCUT2D eigenvalue weighted by Gasteiger charge is -2.07. The molecular weight excluding hydrogens is 298 g/mol. The Morgan fingerprint density at radius 3 is 2.52 bits per heavy atom. The molecule has 1 amide bonds. The largest absolute Gasteiger partial charge is 0.469 e. The number of esters is 2. The van der Waals surface area contributed by atoms with Crippen molar-refractivity contribution in [1.29, 1.82) is 0 Å². The molecule has 0 aliphatic rings. The predicted molar refractivity (Wildman–Crippen MR) is 84.8 cm³/mol. The fraction of sp³-hybridized carbons (Fsp3) is 0.353. The molecule has 23 heavy (non-hydrogen) atoms. The number of ether oxygens (including phenoxy) is 2. The minimum absolute atomic E-state index is 0.263. The highest BCUT2D eigenvalue weighted by Gasteiger charge is 2.09. The SMILES string of the molecule is COC(=O)CCCC#Cc1ccc(C(=O)OC)cc1NC(C)=O. The highest BCUT2D eigenvalue weighted by Crippen LogP contribution is 2.18. The Hall–Kier alpha value is -2.81. The Morgan fingerprint density at radius 1 is 1.17 bits per heavy atom. The van der Waals surface area contributed by atoms with Crippen molar-refractivity contribution in [2.75, 3.05) is 19.5 Å². The Bertz CT molecular complexity index is 655. The maximum absolute atomic E-state index is 11.5. The number of benzene rings is 1. The molecule has 6 nitrogen and oxygen atoms in total. The van der Waals surface area contributed by atoms with Crippen molar-refractivity contribution in [2.45, 2.75) is 26.2 Å². The first kappa shape index (κ1) is 18.2. The smallest absolute Gasteiger partial charge is 0.337 e. The monoisotopic (exact) mass is 317 g/mol. The first-order chi connectivity index (χ1) is 11.0. The first-order valence-corrected chi connectivity index (χ1v) is 7.03. The van der Waals surface area contributed by atoms with E-state index in [-0.39, 0.29) is 11.9 Å². The van der Waals surface area contributed by atoms with Gasteiger partial charge in [0.1, 0.15) is 0 Å². The molecule has 6 heteroatoms. The van der Waals surface area contributed by atoms with E-state index >= 15 is 0 Å². The molecule has 1 N–H and O–H groups in total. The molecule has 0 heterocycles. The quantitative estimate of drug-likeness (QED) is 0.511. The van der Waals surface area contributed by atoms with E-state index in [9.17, 15) is 14.4 Å². The lowest BCUT2D eigenvalue weighted by atomic mass is 10.1. The summed E-state index contributed by atoms with van der Waals surface area (Å²) in [6, 6.07) is 4.74. The van der Waals surface area contributed by atoms with Gasteiger partial charge in [0, 0.05) is 25.3 Å².